The maximum Gasteiger partial charge on any atom is 0.306 e. The molecule has 0 saturated heterocycles. The second kappa shape index (κ2) is 42.8. The highest BCUT2D eigenvalue weighted by Gasteiger charge is 2.16. The van der Waals surface area contributed by atoms with E-state index < -0.39 is 6.10 Å². The van der Waals surface area contributed by atoms with Gasteiger partial charge in [-0.15, -0.1) is 0 Å². The molecule has 52 heavy (non-hydrogen) atoms. The smallest absolute Gasteiger partial charge is 0.306 e. The largest absolute Gasteiger partial charge is 0.462 e. The van der Waals surface area contributed by atoms with Gasteiger partial charge in [0, 0.05) is 12.8 Å². The predicted molar refractivity (Wildman–Crippen MR) is 223 cm³/mol. The van der Waals surface area contributed by atoms with Gasteiger partial charge in [0.2, 0.25) is 0 Å². The second-order valence-electron chi connectivity index (χ2n) is 14.0. The normalized spacial score (nSPS) is 12.9. The molecule has 0 saturated carbocycles. The van der Waals surface area contributed by atoms with E-state index in [2.05, 4.69) is 86.8 Å². The Morgan fingerprint density at radius 2 is 0.827 bits per heavy atom. The van der Waals surface area contributed by atoms with Crippen molar-refractivity contribution >= 4 is 11.9 Å². The minimum Gasteiger partial charge on any atom is -0.462 e. The molecular weight excluding hydrogens is 645 g/mol. The molecule has 0 radical (unpaired) electrons. The summed E-state index contributed by atoms with van der Waals surface area (Å²) in [6.07, 6.45) is 56.8. The number of rotatable bonds is 38. The standard InChI is InChI=1S/C47H80O5/c1-3-5-7-9-11-13-15-17-19-21-22-23-24-26-27-29-31-33-35-37-39-41-46(49)51-44-45(43-48)52-47(50)42-40-38-36-34-32-30-28-25-20-18-16-14-12-10-8-6-4-2/h6,8,12,14-15,17-18,20-22,28,30,45,48H,3-5,7,9-11,13,16,19,23-27,29,31-44H2,1-2H3/b8-6-,14-12-,17-15-,20-18-,22-21-,30-28-. The summed E-state index contributed by atoms with van der Waals surface area (Å²) in [6.45, 7) is 3.99. The fourth-order valence-corrected chi connectivity index (χ4v) is 5.75. The lowest BCUT2D eigenvalue weighted by Gasteiger charge is -2.15. The molecule has 0 aliphatic rings. The summed E-state index contributed by atoms with van der Waals surface area (Å²) in [5, 5.41) is 9.58. The molecule has 0 rings (SSSR count). The van der Waals surface area contributed by atoms with Gasteiger partial charge in [0.05, 0.1) is 6.61 Å². The minimum absolute atomic E-state index is 0.0813. The third-order valence-corrected chi connectivity index (χ3v) is 8.98. The number of esters is 2. The van der Waals surface area contributed by atoms with E-state index in [4.69, 9.17) is 9.47 Å². The summed E-state index contributed by atoms with van der Waals surface area (Å²) < 4.78 is 10.6. The predicted octanol–water partition coefficient (Wildman–Crippen LogP) is 13.7. The van der Waals surface area contributed by atoms with E-state index >= 15 is 0 Å². The first kappa shape index (κ1) is 49.3. The summed E-state index contributed by atoms with van der Waals surface area (Å²) >= 11 is 0. The van der Waals surface area contributed by atoms with Gasteiger partial charge in [-0.1, -0.05) is 170 Å². The van der Waals surface area contributed by atoms with Gasteiger partial charge in [-0.3, -0.25) is 9.59 Å². The fourth-order valence-electron chi connectivity index (χ4n) is 5.75. The van der Waals surface area contributed by atoms with Crippen LogP contribution in [0.3, 0.4) is 0 Å². The molecule has 298 valence electrons. The molecule has 0 fully saturated rings. The summed E-state index contributed by atoms with van der Waals surface area (Å²) in [5.41, 5.74) is 0. The van der Waals surface area contributed by atoms with Crippen LogP contribution in [0, 0.1) is 0 Å². The van der Waals surface area contributed by atoms with Crippen LogP contribution in [0.15, 0.2) is 72.9 Å². The lowest BCUT2D eigenvalue weighted by molar-refractivity contribution is -0.161. The maximum absolute atomic E-state index is 12.2. The number of hydrogen-bond acceptors (Lipinski definition) is 5. The molecule has 1 N–H and O–H groups in total. The van der Waals surface area contributed by atoms with E-state index in [0.29, 0.717) is 12.8 Å². The first-order valence-corrected chi connectivity index (χ1v) is 21.5. The number of hydrogen-bond donors (Lipinski definition) is 1. The number of carbonyl (C=O) groups excluding carboxylic acids is 2. The Bertz CT molecular complexity index is 957. The summed E-state index contributed by atoms with van der Waals surface area (Å²) in [4.78, 5) is 24.3. The second-order valence-corrected chi connectivity index (χ2v) is 14.0. The highest BCUT2D eigenvalue weighted by atomic mass is 16.6. The van der Waals surface area contributed by atoms with Gasteiger partial charge < -0.3 is 14.6 Å². The van der Waals surface area contributed by atoms with Crippen LogP contribution in [-0.4, -0.2) is 36.4 Å². The molecular formula is C47H80O5. The first-order valence-electron chi connectivity index (χ1n) is 21.5. The van der Waals surface area contributed by atoms with Gasteiger partial charge >= 0.3 is 11.9 Å². The van der Waals surface area contributed by atoms with Crippen molar-refractivity contribution in [2.24, 2.45) is 0 Å². The van der Waals surface area contributed by atoms with E-state index in [-0.39, 0.29) is 25.2 Å². The third-order valence-electron chi connectivity index (χ3n) is 8.98. The quantitative estimate of drug-likeness (QED) is 0.0390. The molecule has 0 aromatic rings. The van der Waals surface area contributed by atoms with Crippen molar-refractivity contribution in [3.63, 3.8) is 0 Å². The van der Waals surface area contributed by atoms with Crippen LogP contribution in [0.2, 0.25) is 0 Å². The minimum atomic E-state index is -0.789. The molecule has 1 atom stereocenters. The van der Waals surface area contributed by atoms with Crippen LogP contribution in [0.25, 0.3) is 0 Å². The Morgan fingerprint density at radius 3 is 1.25 bits per heavy atom. The van der Waals surface area contributed by atoms with Crippen LogP contribution < -0.4 is 0 Å². The zero-order valence-corrected chi connectivity index (χ0v) is 33.8. The molecule has 0 aromatic heterocycles. The molecule has 0 bridgehead atoms. The average Bonchev–Trinajstić information content (AvgIpc) is 3.15. The SMILES string of the molecule is CC/C=C\C/C=C\C/C=C\C/C=C\CCCCCCC(=O)OC(CO)COC(=O)CCCCCCCCCCC/C=C\C/C=C\CCCCCCC. The van der Waals surface area contributed by atoms with Gasteiger partial charge in [-0.05, 0) is 83.5 Å². The average molecular weight is 725 g/mol. The zero-order chi connectivity index (χ0) is 37.8. The van der Waals surface area contributed by atoms with Gasteiger partial charge in [0.15, 0.2) is 6.10 Å². The number of unbranched alkanes of at least 4 members (excludes halogenated alkanes) is 18. The van der Waals surface area contributed by atoms with Crippen molar-refractivity contribution in [2.45, 2.75) is 200 Å². The molecule has 0 aliphatic carbocycles. The van der Waals surface area contributed by atoms with Crippen molar-refractivity contribution in [3.8, 4) is 0 Å². The van der Waals surface area contributed by atoms with Crippen LogP contribution in [0.4, 0.5) is 0 Å². The molecule has 0 heterocycles. The Hall–Kier alpha value is -2.66. The molecule has 0 spiro atoms. The molecule has 5 nitrogen and oxygen atoms in total. The van der Waals surface area contributed by atoms with Crippen molar-refractivity contribution < 1.29 is 24.2 Å². The molecule has 0 aromatic carbocycles. The van der Waals surface area contributed by atoms with E-state index in [1.165, 1.54) is 83.5 Å². The highest BCUT2D eigenvalue weighted by Crippen LogP contribution is 2.13. The highest BCUT2D eigenvalue weighted by molar-refractivity contribution is 5.70. The summed E-state index contributed by atoms with van der Waals surface area (Å²) in [5.74, 6) is -0.626. The first-order chi connectivity index (χ1) is 25.6. The van der Waals surface area contributed by atoms with Crippen molar-refractivity contribution in [1.29, 1.82) is 0 Å². The van der Waals surface area contributed by atoms with Crippen LogP contribution in [0.5, 0.6) is 0 Å². The van der Waals surface area contributed by atoms with E-state index in [9.17, 15) is 14.7 Å². The third kappa shape index (κ3) is 40.1. The lowest BCUT2D eigenvalue weighted by Crippen LogP contribution is -2.28. The fraction of sp³-hybridized carbons (Fsp3) is 0.702. The monoisotopic (exact) mass is 725 g/mol. The van der Waals surface area contributed by atoms with Crippen molar-refractivity contribution in [3.05, 3.63) is 72.9 Å². The van der Waals surface area contributed by atoms with Gasteiger partial charge in [0.1, 0.15) is 6.61 Å². The topological polar surface area (TPSA) is 72.8 Å². The number of allylic oxidation sites excluding steroid dienone is 12. The van der Waals surface area contributed by atoms with Crippen LogP contribution in [-0.2, 0) is 19.1 Å². The van der Waals surface area contributed by atoms with E-state index in [1.807, 2.05) is 0 Å². The van der Waals surface area contributed by atoms with Gasteiger partial charge in [-0.25, -0.2) is 0 Å². The molecule has 0 amide bonds. The van der Waals surface area contributed by atoms with E-state index in [0.717, 1.165) is 83.5 Å². The molecule has 0 aliphatic heterocycles. The summed E-state index contributed by atoms with van der Waals surface area (Å²) in [7, 11) is 0. The van der Waals surface area contributed by atoms with Crippen molar-refractivity contribution in [2.75, 3.05) is 13.2 Å². The number of carbonyl (C=O) groups is 2. The molecule has 1 unspecified atom stereocenters. The Kier molecular flexibility index (Phi) is 40.6. The number of aliphatic hydroxyl groups is 1. The molecule has 5 heteroatoms. The van der Waals surface area contributed by atoms with Gasteiger partial charge in [-0.2, -0.15) is 0 Å². The maximum atomic E-state index is 12.2. The number of aliphatic hydroxyl groups excluding tert-OH is 1. The van der Waals surface area contributed by atoms with Crippen molar-refractivity contribution in [1.82, 2.24) is 0 Å². The Labute approximate surface area is 321 Å². The van der Waals surface area contributed by atoms with Gasteiger partial charge in [0.25, 0.3) is 0 Å². The van der Waals surface area contributed by atoms with Crippen LogP contribution >= 0.6 is 0 Å². The van der Waals surface area contributed by atoms with E-state index in [1.54, 1.807) is 0 Å². The number of ether oxygens (including phenoxy) is 2. The Balaban J connectivity index is 3.60. The van der Waals surface area contributed by atoms with Crippen LogP contribution in [0.1, 0.15) is 194 Å². The zero-order valence-electron chi connectivity index (χ0n) is 33.8. The lowest BCUT2D eigenvalue weighted by atomic mass is 10.1. The Morgan fingerprint density at radius 1 is 0.462 bits per heavy atom. The summed E-state index contributed by atoms with van der Waals surface area (Å²) in [6, 6.07) is 0.